The zero-order valence-corrected chi connectivity index (χ0v) is 10.4. The summed E-state index contributed by atoms with van der Waals surface area (Å²) in [6.45, 7) is 0. The minimum absolute atomic E-state index is 0.105. The molecule has 0 saturated heterocycles. The van der Waals surface area contributed by atoms with E-state index >= 15 is 0 Å². The fourth-order valence-electron chi connectivity index (χ4n) is 2.39. The highest BCUT2D eigenvalue weighted by Gasteiger charge is 2.15. The summed E-state index contributed by atoms with van der Waals surface area (Å²) in [7, 11) is 0. The van der Waals surface area contributed by atoms with Crippen LogP contribution in [0.15, 0.2) is 0 Å². The molecule has 0 aromatic carbocycles. The van der Waals surface area contributed by atoms with E-state index in [9.17, 15) is 4.79 Å². The van der Waals surface area contributed by atoms with Crippen molar-refractivity contribution in [2.24, 2.45) is 5.92 Å². The molecule has 0 amide bonds. The van der Waals surface area contributed by atoms with Crippen molar-refractivity contribution in [3.05, 3.63) is 0 Å². The monoisotopic (exact) mass is 230 g/mol. The molecule has 1 fully saturated rings. The Hall–Kier alpha value is -0.0400. The molecule has 88 valence electrons. The van der Waals surface area contributed by atoms with E-state index in [1.807, 2.05) is 0 Å². The third kappa shape index (κ3) is 6.19. The zero-order chi connectivity index (χ0) is 10.9. The van der Waals surface area contributed by atoms with Crippen molar-refractivity contribution < 1.29 is 4.79 Å². The van der Waals surface area contributed by atoms with Crippen LogP contribution in [-0.4, -0.2) is 5.24 Å². The van der Waals surface area contributed by atoms with Gasteiger partial charge in [-0.25, -0.2) is 0 Å². The van der Waals surface area contributed by atoms with Crippen molar-refractivity contribution in [2.75, 3.05) is 0 Å². The third-order valence-corrected chi connectivity index (χ3v) is 3.73. The predicted molar refractivity (Wildman–Crippen MR) is 65.1 cm³/mol. The molecule has 0 N–H and O–H groups in total. The van der Waals surface area contributed by atoms with Crippen LogP contribution in [-0.2, 0) is 4.79 Å². The molecule has 1 saturated carbocycles. The Morgan fingerprint density at radius 3 is 1.40 bits per heavy atom. The first-order valence-electron chi connectivity index (χ1n) is 6.50. The topological polar surface area (TPSA) is 17.1 Å². The molecule has 0 heterocycles. The molecule has 0 atom stereocenters. The number of hydrogen-bond donors (Lipinski definition) is 0. The van der Waals surface area contributed by atoms with Gasteiger partial charge in [-0.1, -0.05) is 57.8 Å². The van der Waals surface area contributed by atoms with Crippen LogP contribution < -0.4 is 0 Å². The Kier molecular flexibility index (Phi) is 7.08. The van der Waals surface area contributed by atoms with Crippen LogP contribution in [0, 0.1) is 5.92 Å². The Morgan fingerprint density at radius 2 is 1.07 bits per heavy atom. The minimum Gasteiger partial charge on any atom is -0.281 e. The molecule has 1 nitrogen and oxygen atoms in total. The summed E-state index contributed by atoms with van der Waals surface area (Å²) in [5, 5.41) is -0.105. The number of halogens is 1. The predicted octanol–water partition coefficient (Wildman–Crippen LogP) is 4.67. The van der Waals surface area contributed by atoms with Crippen molar-refractivity contribution >= 4 is 16.8 Å². The van der Waals surface area contributed by atoms with E-state index in [1.54, 1.807) is 0 Å². The Bertz CT molecular complexity index is 167. The lowest BCUT2D eigenvalue weighted by atomic mass is 9.94. The highest BCUT2D eigenvalue weighted by atomic mass is 35.5. The highest BCUT2D eigenvalue weighted by Crippen LogP contribution is 2.22. The van der Waals surface area contributed by atoms with Gasteiger partial charge in [0, 0.05) is 5.92 Å². The number of carbonyl (C=O) groups excluding carboxylic acids is 1. The van der Waals surface area contributed by atoms with Gasteiger partial charge < -0.3 is 0 Å². The maximum atomic E-state index is 11.2. The average molecular weight is 231 g/mol. The normalized spacial score (nSPS) is 22.7. The summed E-state index contributed by atoms with van der Waals surface area (Å²) >= 11 is 5.61. The van der Waals surface area contributed by atoms with E-state index in [2.05, 4.69) is 0 Å². The molecule has 0 bridgehead atoms. The van der Waals surface area contributed by atoms with Gasteiger partial charge >= 0.3 is 0 Å². The van der Waals surface area contributed by atoms with Gasteiger partial charge in [0.2, 0.25) is 5.24 Å². The van der Waals surface area contributed by atoms with E-state index in [0.717, 1.165) is 12.8 Å². The second-order valence-corrected chi connectivity index (χ2v) is 5.13. The smallest absolute Gasteiger partial charge is 0.224 e. The van der Waals surface area contributed by atoms with Crippen LogP contribution in [0.5, 0.6) is 0 Å². The van der Waals surface area contributed by atoms with Gasteiger partial charge in [-0.3, -0.25) is 4.79 Å². The molecule has 0 radical (unpaired) electrons. The van der Waals surface area contributed by atoms with Gasteiger partial charge in [-0.2, -0.15) is 0 Å². The van der Waals surface area contributed by atoms with E-state index in [1.165, 1.54) is 57.8 Å². The van der Waals surface area contributed by atoms with Crippen LogP contribution in [0.2, 0.25) is 0 Å². The summed E-state index contributed by atoms with van der Waals surface area (Å²) in [5.74, 6) is 0.145. The first kappa shape index (κ1) is 13.0. The molecule has 0 aromatic heterocycles. The molecular formula is C13H23ClO. The molecule has 0 unspecified atom stereocenters. The largest absolute Gasteiger partial charge is 0.281 e. The molecule has 15 heavy (non-hydrogen) atoms. The fraction of sp³-hybridized carbons (Fsp3) is 0.923. The molecule has 0 aromatic rings. The van der Waals surface area contributed by atoms with Gasteiger partial charge in [0.25, 0.3) is 0 Å². The summed E-state index contributed by atoms with van der Waals surface area (Å²) in [5.41, 5.74) is 0. The lowest BCUT2D eigenvalue weighted by Gasteiger charge is -2.13. The minimum atomic E-state index is -0.105. The second-order valence-electron chi connectivity index (χ2n) is 4.76. The van der Waals surface area contributed by atoms with Crippen LogP contribution in [0.3, 0.4) is 0 Å². The van der Waals surface area contributed by atoms with Crippen molar-refractivity contribution in [1.82, 2.24) is 0 Å². The Morgan fingerprint density at radius 1 is 0.733 bits per heavy atom. The summed E-state index contributed by atoms with van der Waals surface area (Å²) in [4.78, 5) is 11.2. The maximum absolute atomic E-state index is 11.2. The van der Waals surface area contributed by atoms with Gasteiger partial charge in [0.05, 0.1) is 0 Å². The molecule has 0 spiro atoms. The van der Waals surface area contributed by atoms with Crippen LogP contribution >= 0.6 is 11.6 Å². The summed E-state index contributed by atoms with van der Waals surface area (Å²) < 4.78 is 0. The first-order chi connectivity index (χ1) is 7.30. The number of hydrogen-bond acceptors (Lipinski definition) is 1. The number of rotatable bonds is 1. The van der Waals surface area contributed by atoms with E-state index in [4.69, 9.17) is 11.6 Å². The maximum Gasteiger partial charge on any atom is 0.224 e. The SMILES string of the molecule is O=C(Cl)C1CCCCCCCCCCC1. The molecule has 2 heteroatoms. The summed E-state index contributed by atoms with van der Waals surface area (Å²) in [6.07, 6.45) is 13.8. The first-order valence-corrected chi connectivity index (χ1v) is 6.88. The molecule has 0 aliphatic heterocycles. The molecule has 1 aliphatic carbocycles. The van der Waals surface area contributed by atoms with Crippen molar-refractivity contribution in [1.29, 1.82) is 0 Å². The van der Waals surface area contributed by atoms with Gasteiger partial charge in [-0.15, -0.1) is 0 Å². The van der Waals surface area contributed by atoms with E-state index in [0.29, 0.717) is 0 Å². The average Bonchev–Trinajstić information content (AvgIpc) is 2.18. The van der Waals surface area contributed by atoms with Crippen molar-refractivity contribution in [3.63, 3.8) is 0 Å². The van der Waals surface area contributed by atoms with Crippen molar-refractivity contribution in [3.8, 4) is 0 Å². The lowest BCUT2D eigenvalue weighted by Crippen LogP contribution is -2.09. The highest BCUT2D eigenvalue weighted by molar-refractivity contribution is 6.63. The van der Waals surface area contributed by atoms with E-state index in [-0.39, 0.29) is 11.2 Å². The molecule has 1 rings (SSSR count). The lowest BCUT2D eigenvalue weighted by molar-refractivity contribution is -0.115. The van der Waals surface area contributed by atoms with Crippen LogP contribution in [0.4, 0.5) is 0 Å². The van der Waals surface area contributed by atoms with E-state index < -0.39 is 0 Å². The fourth-order valence-corrected chi connectivity index (χ4v) is 2.61. The zero-order valence-electron chi connectivity index (χ0n) is 9.64. The van der Waals surface area contributed by atoms with Gasteiger partial charge in [0.15, 0.2) is 0 Å². The Labute approximate surface area is 98.6 Å². The van der Waals surface area contributed by atoms with Crippen LogP contribution in [0.25, 0.3) is 0 Å². The standard InChI is InChI=1S/C13H23ClO/c14-13(15)12-10-8-6-4-2-1-3-5-7-9-11-12/h12H,1-11H2. The van der Waals surface area contributed by atoms with Crippen LogP contribution in [0.1, 0.15) is 70.6 Å². The van der Waals surface area contributed by atoms with Crippen molar-refractivity contribution in [2.45, 2.75) is 70.6 Å². The van der Waals surface area contributed by atoms with Gasteiger partial charge in [0.1, 0.15) is 0 Å². The molecule has 1 aliphatic rings. The van der Waals surface area contributed by atoms with Gasteiger partial charge in [-0.05, 0) is 24.4 Å². The quantitative estimate of drug-likeness (QED) is 0.598. The Balaban J connectivity index is 2.28. The molecular weight excluding hydrogens is 208 g/mol. The third-order valence-electron chi connectivity index (χ3n) is 3.43. The summed E-state index contributed by atoms with van der Waals surface area (Å²) in [6, 6.07) is 0. The number of carbonyl (C=O) groups is 1. The second kappa shape index (κ2) is 8.15.